The van der Waals surface area contributed by atoms with E-state index in [9.17, 15) is 14.4 Å². The molecule has 20 heavy (non-hydrogen) atoms. The number of carbonyl (C=O) groups is 3. The Kier molecular flexibility index (Phi) is 5.61. The highest BCUT2D eigenvalue weighted by Crippen LogP contribution is 2.21. The van der Waals surface area contributed by atoms with Crippen molar-refractivity contribution in [1.29, 1.82) is 0 Å². The van der Waals surface area contributed by atoms with Gasteiger partial charge in [0.25, 0.3) is 0 Å². The summed E-state index contributed by atoms with van der Waals surface area (Å²) in [4.78, 5) is 38.6. The van der Waals surface area contributed by atoms with Gasteiger partial charge in [0.2, 0.25) is 0 Å². The molecule has 0 saturated heterocycles. The summed E-state index contributed by atoms with van der Waals surface area (Å²) < 4.78 is 0. The number of hydrogen-bond donors (Lipinski definition) is 2. The molecule has 1 saturated carbocycles. The lowest BCUT2D eigenvalue weighted by Gasteiger charge is -2.17. The quantitative estimate of drug-likeness (QED) is 0.732. The van der Waals surface area contributed by atoms with Crippen LogP contribution < -0.4 is 5.73 Å². The number of aliphatic imine (C=N–C) groups is 1. The highest BCUT2D eigenvalue weighted by molar-refractivity contribution is 6.47. The Bertz CT molecular complexity index is 491. The molecule has 6 nitrogen and oxygen atoms in total. The molecule has 110 valence electrons. The van der Waals surface area contributed by atoms with Gasteiger partial charge in [-0.25, -0.2) is 4.79 Å². The Morgan fingerprint density at radius 2 is 2.05 bits per heavy atom. The number of ketones is 2. The maximum absolute atomic E-state index is 11.9. The minimum absolute atomic E-state index is 0.0628. The zero-order valence-corrected chi connectivity index (χ0v) is 11.8. The van der Waals surface area contributed by atoms with Crippen LogP contribution in [0.25, 0.3) is 0 Å². The van der Waals surface area contributed by atoms with Crippen molar-refractivity contribution in [3.8, 4) is 0 Å². The van der Waals surface area contributed by atoms with Crippen LogP contribution in [0, 0.1) is 5.92 Å². The molecule has 0 spiro atoms. The van der Waals surface area contributed by atoms with Gasteiger partial charge >= 0.3 is 5.97 Å². The van der Waals surface area contributed by atoms with Gasteiger partial charge in [-0.05, 0) is 19.3 Å². The lowest BCUT2D eigenvalue weighted by atomic mass is 9.90. The molecule has 0 radical (unpaired) electrons. The predicted molar refractivity (Wildman–Crippen MR) is 74.5 cm³/mol. The molecule has 1 aliphatic rings. The molecule has 0 aromatic carbocycles. The van der Waals surface area contributed by atoms with Gasteiger partial charge in [0.05, 0.1) is 6.54 Å². The number of rotatable bonds is 5. The molecule has 3 N–H and O–H groups in total. The maximum Gasteiger partial charge on any atom is 0.352 e. The topological polar surface area (TPSA) is 110 Å². The van der Waals surface area contributed by atoms with Crippen LogP contribution in [0.15, 0.2) is 16.3 Å². The zero-order chi connectivity index (χ0) is 15.3. The molecule has 1 unspecified atom stereocenters. The Morgan fingerprint density at radius 1 is 1.40 bits per heavy atom. The number of carboxylic acid groups (broad SMARTS) is 1. The van der Waals surface area contributed by atoms with E-state index in [4.69, 9.17) is 10.8 Å². The fraction of sp³-hybridized carbons (Fsp3) is 0.571. The summed E-state index contributed by atoms with van der Waals surface area (Å²) in [7, 11) is 0. The third kappa shape index (κ3) is 3.76. The Balaban J connectivity index is 3.02. The lowest BCUT2D eigenvalue weighted by Crippen LogP contribution is -2.28. The fourth-order valence-electron chi connectivity index (χ4n) is 1.95. The molecule has 0 aromatic rings. The van der Waals surface area contributed by atoms with E-state index in [1.54, 1.807) is 6.92 Å². The molecule has 0 bridgehead atoms. The van der Waals surface area contributed by atoms with Gasteiger partial charge in [-0.3, -0.25) is 14.6 Å². The van der Waals surface area contributed by atoms with E-state index in [2.05, 4.69) is 4.99 Å². The number of aliphatic carboxylic acids is 1. The minimum atomic E-state index is -1.27. The number of allylic oxidation sites excluding steroid dienone is 1. The van der Waals surface area contributed by atoms with Gasteiger partial charge in [-0.1, -0.05) is 13.8 Å². The van der Waals surface area contributed by atoms with Crippen molar-refractivity contribution in [2.75, 3.05) is 6.54 Å². The van der Waals surface area contributed by atoms with Crippen molar-refractivity contribution in [3.05, 3.63) is 11.3 Å². The Labute approximate surface area is 117 Å². The third-order valence-corrected chi connectivity index (χ3v) is 3.49. The largest absolute Gasteiger partial charge is 0.477 e. The van der Waals surface area contributed by atoms with Crippen LogP contribution in [0.2, 0.25) is 0 Å². The van der Waals surface area contributed by atoms with E-state index < -0.39 is 5.97 Å². The molecule has 1 rings (SSSR count). The summed E-state index contributed by atoms with van der Waals surface area (Å²) in [5.41, 5.74) is 5.46. The van der Waals surface area contributed by atoms with Crippen molar-refractivity contribution >= 4 is 23.2 Å². The first-order valence-corrected chi connectivity index (χ1v) is 6.71. The lowest BCUT2D eigenvalue weighted by molar-refractivity contribution is -0.132. The van der Waals surface area contributed by atoms with Crippen molar-refractivity contribution in [3.63, 3.8) is 0 Å². The van der Waals surface area contributed by atoms with Crippen LogP contribution >= 0.6 is 0 Å². The van der Waals surface area contributed by atoms with E-state index in [1.165, 1.54) is 0 Å². The van der Waals surface area contributed by atoms with E-state index >= 15 is 0 Å². The summed E-state index contributed by atoms with van der Waals surface area (Å²) in [6, 6.07) is 0. The molecule has 0 aliphatic heterocycles. The van der Waals surface area contributed by atoms with Crippen LogP contribution in [0.4, 0.5) is 0 Å². The van der Waals surface area contributed by atoms with Crippen molar-refractivity contribution in [2.24, 2.45) is 16.6 Å². The average Bonchev–Trinajstić information content (AvgIpc) is 2.43. The monoisotopic (exact) mass is 280 g/mol. The van der Waals surface area contributed by atoms with E-state index in [1.807, 2.05) is 6.92 Å². The normalized spacial score (nSPS) is 21.7. The molecular formula is C14H20N2O4. The number of carbonyl (C=O) groups excluding carboxylic acids is 2. The first-order chi connectivity index (χ1) is 9.38. The second-order valence-corrected chi connectivity index (χ2v) is 4.91. The van der Waals surface area contributed by atoms with Gasteiger partial charge in [-0.15, -0.1) is 0 Å². The zero-order valence-electron chi connectivity index (χ0n) is 11.8. The van der Waals surface area contributed by atoms with Crippen LogP contribution in [0.3, 0.4) is 0 Å². The minimum Gasteiger partial charge on any atom is -0.477 e. The van der Waals surface area contributed by atoms with Gasteiger partial charge < -0.3 is 10.8 Å². The fourth-order valence-corrected chi connectivity index (χ4v) is 1.95. The molecule has 0 amide bonds. The second-order valence-electron chi connectivity index (χ2n) is 4.91. The van der Waals surface area contributed by atoms with Gasteiger partial charge in [-0.2, -0.15) is 0 Å². The number of nitrogens with zero attached hydrogens (tertiary/aromatic N) is 1. The molecular weight excluding hydrogens is 260 g/mol. The van der Waals surface area contributed by atoms with E-state index in [-0.39, 0.29) is 41.0 Å². The summed E-state index contributed by atoms with van der Waals surface area (Å²) in [5.74, 6) is -1.70. The first-order valence-electron chi connectivity index (χ1n) is 6.71. The van der Waals surface area contributed by atoms with Crippen molar-refractivity contribution < 1.29 is 19.5 Å². The number of nitrogens with two attached hydrogens (primary N) is 1. The van der Waals surface area contributed by atoms with E-state index in [0.29, 0.717) is 25.7 Å². The second kappa shape index (κ2) is 6.98. The Hall–Kier alpha value is -1.98. The smallest absolute Gasteiger partial charge is 0.352 e. The molecule has 0 aromatic heterocycles. The first kappa shape index (κ1) is 16.1. The van der Waals surface area contributed by atoms with Gasteiger partial charge in [0.1, 0.15) is 11.4 Å². The summed E-state index contributed by atoms with van der Waals surface area (Å²) in [6.07, 6.45) is 1.98. The number of carboxylic acids is 1. The van der Waals surface area contributed by atoms with Gasteiger partial charge in [0, 0.05) is 17.9 Å². The standard InChI is InChI=1S/C14H20N2O4/c1-3-8(2)11(18)7-16-13-9(12(15)14(19)20)5-4-6-10(13)17/h8H,3-7,15H2,1-2H3,(H,19,20)/b12-9-,16-13?. The van der Waals surface area contributed by atoms with Crippen LogP contribution in [-0.4, -0.2) is 34.9 Å². The predicted octanol–water partition coefficient (Wildman–Crippen LogP) is 1.09. The van der Waals surface area contributed by atoms with Crippen molar-refractivity contribution in [2.45, 2.75) is 39.5 Å². The summed E-state index contributed by atoms with van der Waals surface area (Å²) in [6.45, 7) is 3.59. The van der Waals surface area contributed by atoms with Crippen LogP contribution in [0.1, 0.15) is 39.5 Å². The molecule has 1 fully saturated rings. The number of hydrogen-bond acceptors (Lipinski definition) is 5. The van der Waals surface area contributed by atoms with Crippen LogP contribution in [-0.2, 0) is 14.4 Å². The van der Waals surface area contributed by atoms with Crippen LogP contribution in [0.5, 0.6) is 0 Å². The highest BCUT2D eigenvalue weighted by Gasteiger charge is 2.26. The van der Waals surface area contributed by atoms with E-state index in [0.717, 1.165) is 0 Å². The van der Waals surface area contributed by atoms with Gasteiger partial charge in [0.15, 0.2) is 11.6 Å². The van der Waals surface area contributed by atoms with Crippen molar-refractivity contribution in [1.82, 2.24) is 0 Å². The molecule has 1 aliphatic carbocycles. The summed E-state index contributed by atoms with van der Waals surface area (Å²) >= 11 is 0. The SMILES string of the molecule is CCC(C)C(=O)CN=C1C(=O)CCC/C1=C(/N)C(=O)O. The maximum atomic E-state index is 11.9. The third-order valence-electron chi connectivity index (χ3n) is 3.49. The molecule has 6 heteroatoms. The number of Topliss-reactive ketones (excluding diaryl/α,β-unsaturated/α-hetero) is 2. The molecule has 1 atom stereocenters. The average molecular weight is 280 g/mol. The summed E-state index contributed by atoms with van der Waals surface area (Å²) in [5, 5.41) is 8.93. The molecule has 0 heterocycles. The Morgan fingerprint density at radius 3 is 2.60 bits per heavy atom. The highest BCUT2D eigenvalue weighted by atomic mass is 16.4.